The highest BCUT2D eigenvalue weighted by Gasteiger charge is 2.14. The van der Waals surface area contributed by atoms with E-state index in [1.807, 2.05) is 0 Å². The summed E-state index contributed by atoms with van der Waals surface area (Å²) in [5.74, 6) is -0.421. The Labute approximate surface area is 159 Å². The van der Waals surface area contributed by atoms with E-state index in [1.165, 1.54) is 49.0 Å². The van der Waals surface area contributed by atoms with Crippen molar-refractivity contribution in [3.8, 4) is 0 Å². The molecule has 0 aliphatic carbocycles. The van der Waals surface area contributed by atoms with E-state index >= 15 is 0 Å². The van der Waals surface area contributed by atoms with E-state index in [1.54, 1.807) is 6.92 Å². The molecular weight excluding hydrogens is 370 g/mol. The summed E-state index contributed by atoms with van der Waals surface area (Å²) in [7, 11) is 2.80. The second-order valence-electron chi connectivity index (χ2n) is 5.72. The zero-order valence-electron chi connectivity index (χ0n) is 15.5. The number of nitro benzene ring substituents is 1. The molecule has 0 spiro atoms. The number of aromatic nitrogens is 2. The molecule has 0 aliphatic heterocycles. The minimum atomic E-state index is -0.549. The SMILES string of the molecule is CCOC(=O)C/C(=N/Nc1cc(=O)n(C)c(=O)n1C)c1ccc([N+](=O)[O-])cc1. The number of carbonyl (C=O) groups excluding carboxylic acids is 1. The number of rotatable bonds is 7. The fraction of sp³-hybridized carbons (Fsp3) is 0.294. The van der Waals surface area contributed by atoms with Gasteiger partial charge in [0.05, 0.1) is 23.7 Å². The summed E-state index contributed by atoms with van der Waals surface area (Å²) < 4.78 is 7.04. The molecule has 0 amide bonds. The average Bonchev–Trinajstić information content (AvgIpc) is 2.67. The van der Waals surface area contributed by atoms with Crippen LogP contribution in [0, 0.1) is 10.1 Å². The van der Waals surface area contributed by atoms with Crippen molar-refractivity contribution in [2.45, 2.75) is 13.3 Å². The highest BCUT2D eigenvalue weighted by Crippen LogP contribution is 2.14. The van der Waals surface area contributed by atoms with Gasteiger partial charge in [0.15, 0.2) is 0 Å². The molecule has 2 aromatic rings. The predicted molar refractivity (Wildman–Crippen MR) is 101 cm³/mol. The zero-order valence-corrected chi connectivity index (χ0v) is 15.5. The molecule has 0 aliphatic rings. The topological polar surface area (TPSA) is 138 Å². The molecule has 0 saturated heterocycles. The maximum absolute atomic E-state index is 12.0. The Bertz CT molecular complexity index is 1040. The number of nitrogens with one attached hydrogen (secondary N) is 1. The lowest BCUT2D eigenvalue weighted by Gasteiger charge is -2.11. The first-order valence-electron chi connectivity index (χ1n) is 8.24. The number of nitro groups is 1. The first-order chi connectivity index (χ1) is 13.2. The summed E-state index contributed by atoms with van der Waals surface area (Å²) in [5, 5.41) is 14.9. The number of nitrogens with zero attached hydrogens (tertiary/aromatic N) is 4. The zero-order chi connectivity index (χ0) is 20.8. The molecule has 11 heteroatoms. The number of anilines is 1. The van der Waals surface area contributed by atoms with Gasteiger partial charge in [0.25, 0.3) is 11.2 Å². The summed E-state index contributed by atoms with van der Waals surface area (Å²) in [6.07, 6.45) is -0.211. The van der Waals surface area contributed by atoms with Crippen LogP contribution < -0.4 is 16.7 Å². The van der Waals surface area contributed by atoms with Gasteiger partial charge in [-0.05, 0) is 24.6 Å². The van der Waals surface area contributed by atoms with Crippen LogP contribution in [-0.4, -0.2) is 32.3 Å². The van der Waals surface area contributed by atoms with E-state index in [2.05, 4.69) is 10.5 Å². The number of non-ortho nitro benzene ring substituents is 1. The van der Waals surface area contributed by atoms with E-state index in [0.717, 1.165) is 4.57 Å². The maximum atomic E-state index is 12.0. The highest BCUT2D eigenvalue weighted by molar-refractivity contribution is 6.09. The van der Waals surface area contributed by atoms with Crippen molar-refractivity contribution in [2.24, 2.45) is 19.2 Å². The molecule has 148 valence electrons. The summed E-state index contributed by atoms with van der Waals surface area (Å²) in [6, 6.07) is 6.64. The van der Waals surface area contributed by atoms with Gasteiger partial charge in [-0.3, -0.25) is 34.3 Å². The van der Waals surface area contributed by atoms with Crippen LogP contribution in [0.4, 0.5) is 11.5 Å². The van der Waals surface area contributed by atoms with Gasteiger partial charge in [-0.15, -0.1) is 0 Å². The molecule has 0 fully saturated rings. The number of hydrogen-bond acceptors (Lipinski definition) is 8. The van der Waals surface area contributed by atoms with Gasteiger partial charge in [0, 0.05) is 32.3 Å². The van der Waals surface area contributed by atoms with Crippen LogP contribution in [0.1, 0.15) is 18.9 Å². The fourth-order valence-corrected chi connectivity index (χ4v) is 2.30. The number of hydrogen-bond donors (Lipinski definition) is 1. The van der Waals surface area contributed by atoms with E-state index in [9.17, 15) is 24.5 Å². The first kappa shape index (κ1) is 20.6. The molecule has 28 heavy (non-hydrogen) atoms. The minimum absolute atomic E-state index is 0.110. The van der Waals surface area contributed by atoms with E-state index in [4.69, 9.17) is 4.74 Å². The molecule has 1 N–H and O–H groups in total. The lowest BCUT2D eigenvalue weighted by Crippen LogP contribution is -2.37. The number of carbonyl (C=O) groups is 1. The molecule has 1 aromatic heterocycles. The van der Waals surface area contributed by atoms with Gasteiger partial charge in [-0.25, -0.2) is 4.79 Å². The molecule has 2 rings (SSSR count). The third kappa shape index (κ3) is 4.69. The molecule has 1 heterocycles. The first-order valence-corrected chi connectivity index (χ1v) is 8.24. The van der Waals surface area contributed by atoms with Gasteiger partial charge < -0.3 is 4.74 Å². The van der Waals surface area contributed by atoms with Crippen molar-refractivity contribution >= 4 is 23.2 Å². The predicted octanol–water partition coefficient (Wildman–Crippen LogP) is 0.762. The van der Waals surface area contributed by atoms with Crippen molar-refractivity contribution in [3.05, 3.63) is 66.8 Å². The van der Waals surface area contributed by atoms with Crippen molar-refractivity contribution in [2.75, 3.05) is 12.0 Å². The third-order valence-electron chi connectivity index (χ3n) is 3.86. The van der Waals surface area contributed by atoms with Gasteiger partial charge in [-0.2, -0.15) is 5.10 Å². The minimum Gasteiger partial charge on any atom is -0.466 e. The van der Waals surface area contributed by atoms with Crippen LogP contribution >= 0.6 is 0 Å². The van der Waals surface area contributed by atoms with Crippen LogP contribution in [0.25, 0.3) is 0 Å². The van der Waals surface area contributed by atoms with Crippen molar-refractivity contribution in [3.63, 3.8) is 0 Å². The van der Waals surface area contributed by atoms with Crippen molar-refractivity contribution in [1.82, 2.24) is 9.13 Å². The molecular formula is C17H19N5O6. The summed E-state index contributed by atoms with van der Waals surface area (Å²) in [6.45, 7) is 1.84. The van der Waals surface area contributed by atoms with E-state index in [0.29, 0.717) is 5.56 Å². The molecule has 0 unspecified atom stereocenters. The van der Waals surface area contributed by atoms with Crippen LogP contribution in [0.2, 0.25) is 0 Å². The van der Waals surface area contributed by atoms with Gasteiger partial charge in [0.2, 0.25) is 0 Å². The third-order valence-corrected chi connectivity index (χ3v) is 3.86. The lowest BCUT2D eigenvalue weighted by atomic mass is 10.1. The Morgan fingerprint density at radius 1 is 1.21 bits per heavy atom. The molecule has 0 saturated carbocycles. The summed E-state index contributed by atoms with van der Waals surface area (Å²) in [5.41, 5.74) is 2.09. The molecule has 1 aromatic carbocycles. The van der Waals surface area contributed by atoms with Crippen LogP contribution in [0.3, 0.4) is 0 Å². The maximum Gasteiger partial charge on any atom is 0.332 e. The molecule has 0 radical (unpaired) electrons. The van der Waals surface area contributed by atoms with E-state index < -0.39 is 22.1 Å². The summed E-state index contributed by atoms with van der Waals surface area (Å²) >= 11 is 0. The number of hydrazone groups is 1. The van der Waals surface area contributed by atoms with Gasteiger partial charge in [0.1, 0.15) is 5.82 Å². The normalized spacial score (nSPS) is 11.2. The Kier molecular flexibility index (Phi) is 6.42. The molecule has 0 atom stereocenters. The Morgan fingerprint density at radius 2 is 1.86 bits per heavy atom. The van der Waals surface area contributed by atoms with Gasteiger partial charge in [-0.1, -0.05) is 0 Å². The monoisotopic (exact) mass is 389 g/mol. The van der Waals surface area contributed by atoms with E-state index in [-0.39, 0.29) is 30.2 Å². The van der Waals surface area contributed by atoms with Crippen LogP contribution in [-0.2, 0) is 23.6 Å². The largest absolute Gasteiger partial charge is 0.466 e. The second-order valence-corrected chi connectivity index (χ2v) is 5.72. The fourth-order valence-electron chi connectivity index (χ4n) is 2.30. The second kappa shape index (κ2) is 8.75. The highest BCUT2D eigenvalue weighted by atomic mass is 16.6. The number of benzene rings is 1. The average molecular weight is 389 g/mol. The number of ether oxygens (including phenoxy) is 1. The van der Waals surface area contributed by atoms with Crippen molar-refractivity contribution in [1.29, 1.82) is 0 Å². The summed E-state index contributed by atoms with van der Waals surface area (Å²) in [4.78, 5) is 46.0. The van der Waals surface area contributed by atoms with Gasteiger partial charge >= 0.3 is 11.7 Å². The Hall–Kier alpha value is -3.76. The van der Waals surface area contributed by atoms with Crippen molar-refractivity contribution < 1.29 is 14.5 Å². The lowest BCUT2D eigenvalue weighted by molar-refractivity contribution is -0.384. The quantitative estimate of drug-likeness (QED) is 0.319. The molecule has 0 bridgehead atoms. The Balaban J connectivity index is 2.41. The standard InChI is InChI=1S/C17H19N5O6/c1-4-28-16(24)9-13(11-5-7-12(8-6-11)22(26)27)18-19-14-10-15(23)21(3)17(25)20(14)2/h5-8,10,19H,4,9H2,1-3H3/b18-13-. The Morgan fingerprint density at radius 3 is 2.43 bits per heavy atom. The van der Waals surface area contributed by atoms with Crippen LogP contribution in [0.5, 0.6) is 0 Å². The van der Waals surface area contributed by atoms with Crippen LogP contribution in [0.15, 0.2) is 45.0 Å². The smallest absolute Gasteiger partial charge is 0.332 e. The molecule has 11 nitrogen and oxygen atoms in total. The number of esters is 1.